The lowest BCUT2D eigenvalue weighted by Crippen LogP contribution is -2.21. The molecule has 3 nitrogen and oxygen atoms in total. The molecule has 0 atom stereocenters. The minimum atomic E-state index is 0.967. The van der Waals surface area contributed by atoms with Gasteiger partial charge in [0.15, 0.2) is 0 Å². The molecule has 1 aromatic heterocycles. The fourth-order valence-corrected chi connectivity index (χ4v) is 2.64. The number of anilines is 2. The molecule has 3 heteroatoms. The number of rotatable bonds is 7. The second-order valence-corrected chi connectivity index (χ2v) is 5.32. The molecule has 1 N–H and O–H groups in total. The van der Waals surface area contributed by atoms with E-state index in [9.17, 15) is 0 Å². The number of hydrogen-bond acceptors (Lipinski definition) is 3. The Morgan fingerprint density at radius 2 is 1.81 bits per heavy atom. The molecule has 0 aliphatic rings. The van der Waals surface area contributed by atoms with Crippen LogP contribution in [-0.2, 0) is 6.42 Å². The number of aromatic nitrogens is 1. The van der Waals surface area contributed by atoms with Crippen LogP contribution in [0.25, 0.3) is 10.9 Å². The van der Waals surface area contributed by atoms with E-state index >= 15 is 0 Å². The van der Waals surface area contributed by atoms with Crippen molar-refractivity contribution in [2.45, 2.75) is 40.5 Å². The second kappa shape index (κ2) is 7.30. The van der Waals surface area contributed by atoms with Crippen LogP contribution < -0.4 is 10.2 Å². The SMILES string of the molecule is CCCNc1cc(CC)nc2ccc(N(CC)CC)cc12. The van der Waals surface area contributed by atoms with Gasteiger partial charge in [0.1, 0.15) is 0 Å². The van der Waals surface area contributed by atoms with E-state index in [4.69, 9.17) is 4.98 Å². The number of fused-ring (bicyclic) bond motifs is 1. The molecule has 2 rings (SSSR count). The summed E-state index contributed by atoms with van der Waals surface area (Å²) in [6.45, 7) is 11.8. The quantitative estimate of drug-likeness (QED) is 0.813. The van der Waals surface area contributed by atoms with Gasteiger partial charge in [-0.1, -0.05) is 13.8 Å². The molecule has 21 heavy (non-hydrogen) atoms. The van der Waals surface area contributed by atoms with Crippen LogP contribution in [-0.4, -0.2) is 24.6 Å². The third-order valence-electron chi connectivity index (χ3n) is 3.90. The molecule has 0 spiro atoms. The van der Waals surface area contributed by atoms with Gasteiger partial charge in [-0.15, -0.1) is 0 Å². The van der Waals surface area contributed by atoms with Crippen molar-refractivity contribution >= 4 is 22.3 Å². The zero-order valence-electron chi connectivity index (χ0n) is 13.7. The summed E-state index contributed by atoms with van der Waals surface area (Å²) in [5.41, 5.74) is 4.73. The summed E-state index contributed by atoms with van der Waals surface area (Å²) in [4.78, 5) is 7.13. The summed E-state index contributed by atoms with van der Waals surface area (Å²) in [7, 11) is 0. The monoisotopic (exact) mass is 285 g/mol. The Bertz CT molecular complexity index is 588. The highest BCUT2D eigenvalue weighted by Crippen LogP contribution is 2.28. The van der Waals surface area contributed by atoms with Crippen molar-refractivity contribution in [2.75, 3.05) is 29.9 Å². The van der Waals surface area contributed by atoms with Crippen molar-refractivity contribution in [3.8, 4) is 0 Å². The Morgan fingerprint density at radius 1 is 1.05 bits per heavy atom. The van der Waals surface area contributed by atoms with Gasteiger partial charge in [0.05, 0.1) is 5.52 Å². The number of aryl methyl sites for hydroxylation is 1. The smallest absolute Gasteiger partial charge is 0.0727 e. The lowest BCUT2D eigenvalue weighted by atomic mass is 10.1. The topological polar surface area (TPSA) is 28.2 Å². The van der Waals surface area contributed by atoms with Crippen LogP contribution in [0.5, 0.6) is 0 Å². The van der Waals surface area contributed by atoms with Crippen molar-refractivity contribution in [1.29, 1.82) is 0 Å². The summed E-state index contributed by atoms with van der Waals surface area (Å²) in [5, 5.41) is 4.78. The van der Waals surface area contributed by atoms with Crippen molar-refractivity contribution in [2.24, 2.45) is 0 Å². The summed E-state index contributed by atoms with van der Waals surface area (Å²) >= 11 is 0. The largest absolute Gasteiger partial charge is 0.384 e. The van der Waals surface area contributed by atoms with Crippen molar-refractivity contribution in [3.63, 3.8) is 0 Å². The van der Waals surface area contributed by atoms with E-state index < -0.39 is 0 Å². The molecule has 0 aliphatic heterocycles. The minimum absolute atomic E-state index is 0.967. The standard InChI is InChI=1S/C18H27N3/c1-5-11-19-18-12-14(6-2)20-17-10-9-15(13-16(17)18)21(7-3)8-4/h9-10,12-13H,5-8,11H2,1-4H3,(H,19,20). The predicted octanol–water partition coefficient (Wildman–Crippen LogP) is 4.47. The van der Waals surface area contributed by atoms with Gasteiger partial charge in [-0.05, 0) is 51.0 Å². The van der Waals surface area contributed by atoms with Gasteiger partial charge in [-0.2, -0.15) is 0 Å². The fraction of sp³-hybridized carbons (Fsp3) is 0.500. The Labute approximate surface area is 128 Å². The van der Waals surface area contributed by atoms with Crippen LogP contribution >= 0.6 is 0 Å². The second-order valence-electron chi connectivity index (χ2n) is 5.32. The highest BCUT2D eigenvalue weighted by atomic mass is 15.1. The Balaban J connectivity index is 2.52. The highest BCUT2D eigenvalue weighted by molar-refractivity contribution is 5.94. The summed E-state index contributed by atoms with van der Waals surface area (Å²) in [6.07, 6.45) is 2.09. The van der Waals surface area contributed by atoms with Crippen molar-refractivity contribution in [3.05, 3.63) is 30.0 Å². The van der Waals surface area contributed by atoms with Gasteiger partial charge in [0, 0.05) is 42.1 Å². The van der Waals surface area contributed by atoms with Crippen molar-refractivity contribution in [1.82, 2.24) is 4.98 Å². The summed E-state index contributed by atoms with van der Waals surface area (Å²) in [6, 6.07) is 8.81. The molecule has 1 heterocycles. The first-order chi connectivity index (χ1) is 10.2. The van der Waals surface area contributed by atoms with E-state index in [0.29, 0.717) is 0 Å². The minimum Gasteiger partial charge on any atom is -0.384 e. The maximum absolute atomic E-state index is 4.76. The van der Waals surface area contributed by atoms with Gasteiger partial charge in [0.25, 0.3) is 0 Å². The Morgan fingerprint density at radius 3 is 2.43 bits per heavy atom. The van der Waals surface area contributed by atoms with Crippen LogP contribution in [0.3, 0.4) is 0 Å². The first kappa shape index (κ1) is 15.6. The zero-order chi connectivity index (χ0) is 15.2. The molecule has 0 fully saturated rings. The van der Waals surface area contributed by atoms with E-state index in [0.717, 1.165) is 43.7 Å². The predicted molar refractivity (Wildman–Crippen MR) is 93.5 cm³/mol. The van der Waals surface area contributed by atoms with Crippen LogP contribution in [0.2, 0.25) is 0 Å². The number of hydrogen-bond donors (Lipinski definition) is 1. The molecular formula is C18H27N3. The first-order valence-electron chi connectivity index (χ1n) is 8.15. The van der Waals surface area contributed by atoms with Crippen LogP contribution in [0.1, 0.15) is 39.8 Å². The molecule has 0 saturated carbocycles. The molecule has 114 valence electrons. The van der Waals surface area contributed by atoms with E-state index in [1.807, 2.05) is 0 Å². The molecule has 0 aliphatic carbocycles. The molecule has 0 bridgehead atoms. The first-order valence-corrected chi connectivity index (χ1v) is 8.15. The summed E-state index contributed by atoms with van der Waals surface area (Å²) < 4.78 is 0. The van der Waals surface area contributed by atoms with Crippen molar-refractivity contribution < 1.29 is 0 Å². The van der Waals surface area contributed by atoms with E-state index in [-0.39, 0.29) is 0 Å². The zero-order valence-corrected chi connectivity index (χ0v) is 13.7. The van der Waals surface area contributed by atoms with Gasteiger partial charge in [-0.3, -0.25) is 4.98 Å². The van der Waals surface area contributed by atoms with Crippen LogP contribution in [0.4, 0.5) is 11.4 Å². The van der Waals surface area contributed by atoms with Gasteiger partial charge in [0.2, 0.25) is 0 Å². The van der Waals surface area contributed by atoms with Crippen LogP contribution in [0.15, 0.2) is 24.3 Å². The number of nitrogens with one attached hydrogen (secondary N) is 1. The normalized spacial score (nSPS) is 10.9. The molecule has 0 saturated heterocycles. The number of benzene rings is 1. The highest BCUT2D eigenvalue weighted by Gasteiger charge is 2.08. The molecule has 0 amide bonds. The molecule has 1 aromatic carbocycles. The molecule has 2 aromatic rings. The number of pyridine rings is 1. The lowest BCUT2D eigenvalue weighted by Gasteiger charge is -2.22. The maximum atomic E-state index is 4.76. The average Bonchev–Trinajstić information content (AvgIpc) is 2.53. The van der Waals surface area contributed by atoms with E-state index in [1.54, 1.807) is 0 Å². The fourth-order valence-electron chi connectivity index (χ4n) is 2.64. The summed E-state index contributed by atoms with van der Waals surface area (Å²) in [5.74, 6) is 0. The van der Waals surface area contributed by atoms with Gasteiger partial charge < -0.3 is 10.2 Å². The molecule has 0 radical (unpaired) electrons. The Hall–Kier alpha value is -1.77. The average molecular weight is 285 g/mol. The third-order valence-corrected chi connectivity index (χ3v) is 3.90. The lowest BCUT2D eigenvalue weighted by molar-refractivity contribution is 0.867. The molecular weight excluding hydrogens is 258 g/mol. The maximum Gasteiger partial charge on any atom is 0.0727 e. The Kier molecular flexibility index (Phi) is 5.43. The van der Waals surface area contributed by atoms with E-state index in [2.05, 4.69) is 62.2 Å². The third kappa shape index (κ3) is 3.46. The van der Waals surface area contributed by atoms with E-state index in [1.165, 1.54) is 16.8 Å². The van der Waals surface area contributed by atoms with Crippen LogP contribution in [0, 0.1) is 0 Å². The molecule has 0 unspecified atom stereocenters. The number of nitrogens with zero attached hydrogens (tertiary/aromatic N) is 2. The van der Waals surface area contributed by atoms with Gasteiger partial charge >= 0.3 is 0 Å². The van der Waals surface area contributed by atoms with Gasteiger partial charge in [-0.25, -0.2) is 0 Å².